The Labute approximate surface area is 187 Å². The fourth-order valence-corrected chi connectivity index (χ4v) is 4.36. The van der Waals surface area contributed by atoms with E-state index < -0.39 is 0 Å². The van der Waals surface area contributed by atoms with Crippen LogP contribution in [-0.2, 0) is 14.3 Å². The van der Waals surface area contributed by atoms with Gasteiger partial charge >= 0.3 is 0 Å². The van der Waals surface area contributed by atoms with Gasteiger partial charge in [-0.2, -0.15) is 0 Å². The summed E-state index contributed by atoms with van der Waals surface area (Å²) in [4.78, 5) is 32.6. The molecule has 3 heterocycles. The molecule has 7 nitrogen and oxygen atoms in total. The van der Waals surface area contributed by atoms with Crippen molar-refractivity contribution in [2.75, 3.05) is 39.3 Å². The summed E-state index contributed by atoms with van der Waals surface area (Å²) in [5.74, 6) is -0.459. The number of benzene rings is 1. The Morgan fingerprint density at radius 2 is 1.91 bits per heavy atom. The third-order valence-corrected chi connectivity index (χ3v) is 6.35. The van der Waals surface area contributed by atoms with E-state index in [1.165, 1.54) is 6.07 Å². The molecule has 1 aromatic carbocycles. The molecule has 32 heavy (non-hydrogen) atoms. The lowest BCUT2D eigenvalue weighted by Crippen LogP contribution is -2.44. The zero-order valence-corrected chi connectivity index (χ0v) is 18.1. The number of aromatic nitrogens is 1. The van der Waals surface area contributed by atoms with Gasteiger partial charge in [0, 0.05) is 42.8 Å². The molecular weight excluding hydrogens is 411 g/mol. The lowest BCUT2D eigenvalue weighted by atomic mass is 9.96. The molecule has 2 aromatic rings. The van der Waals surface area contributed by atoms with Gasteiger partial charge in [0.2, 0.25) is 11.8 Å². The summed E-state index contributed by atoms with van der Waals surface area (Å²) >= 11 is 0. The molecule has 0 aliphatic carbocycles. The van der Waals surface area contributed by atoms with Crippen LogP contribution in [0.4, 0.5) is 4.39 Å². The van der Waals surface area contributed by atoms with Crippen LogP contribution >= 0.6 is 0 Å². The number of hydrogen-bond acceptors (Lipinski definition) is 5. The first kappa shape index (κ1) is 22.4. The second kappa shape index (κ2) is 10.2. The number of morpholine rings is 1. The van der Waals surface area contributed by atoms with Gasteiger partial charge in [-0.1, -0.05) is 24.3 Å². The second-order valence-electron chi connectivity index (χ2n) is 8.42. The third kappa shape index (κ3) is 5.31. The van der Waals surface area contributed by atoms with Crippen molar-refractivity contribution in [2.45, 2.75) is 25.4 Å². The summed E-state index contributed by atoms with van der Waals surface area (Å²) in [5, 5.41) is 0. The maximum absolute atomic E-state index is 14.0. The van der Waals surface area contributed by atoms with E-state index >= 15 is 0 Å². The number of halogens is 1. The highest BCUT2D eigenvalue weighted by molar-refractivity contribution is 5.77. The molecule has 2 fully saturated rings. The van der Waals surface area contributed by atoms with Gasteiger partial charge in [-0.05, 0) is 38.1 Å². The fourth-order valence-electron chi connectivity index (χ4n) is 4.36. The molecule has 1 aromatic heterocycles. The molecule has 2 N–H and O–H groups in total. The van der Waals surface area contributed by atoms with Crippen molar-refractivity contribution >= 4 is 11.8 Å². The monoisotopic (exact) mass is 440 g/mol. The summed E-state index contributed by atoms with van der Waals surface area (Å²) in [6, 6.07) is 10.3. The van der Waals surface area contributed by atoms with E-state index in [1.54, 1.807) is 24.4 Å². The first-order chi connectivity index (χ1) is 15.5. The van der Waals surface area contributed by atoms with E-state index in [4.69, 9.17) is 10.5 Å². The van der Waals surface area contributed by atoms with Crippen LogP contribution in [-0.4, -0.2) is 65.9 Å². The zero-order valence-electron chi connectivity index (χ0n) is 18.1. The van der Waals surface area contributed by atoms with Crippen molar-refractivity contribution in [1.29, 1.82) is 0 Å². The summed E-state index contributed by atoms with van der Waals surface area (Å²) in [6.07, 6.45) is 3.31. The molecule has 0 bridgehead atoms. The molecule has 2 aliphatic rings. The highest BCUT2D eigenvalue weighted by atomic mass is 19.1. The number of carbonyl (C=O) groups excluding carboxylic acids is 2. The molecule has 0 unspecified atom stereocenters. The Kier molecular flexibility index (Phi) is 7.12. The number of rotatable bonds is 6. The Balaban J connectivity index is 1.30. The molecule has 0 radical (unpaired) electrons. The minimum atomic E-state index is -0.298. The summed E-state index contributed by atoms with van der Waals surface area (Å²) in [5.41, 5.74) is 7.33. The molecule has 0 saturated carbocycles. The van der Waals surface area contributed by atoms with Crippen LogP contribution in [0.3, 0.4) is 0 Å². The van der Waals surface area contributed by atoms with Crippen molar-refractivity contribution in [1.82, 2.24) is 14.8 Å². The van der Waals surface area contributed by atoms with Gasteiger partial charge in [0.05, 0.1) is 18.8 Å². The SMILES string of the molecule is NC(=O)C1CCN(CCC(=O)N2CCO[C@@H](c3ccc(-c4ccccc4F)cn3)C2)CC1. The van der Waals surface area contributed by atoms with Crippen LogP contribution in [0.2, 0.25) is 0 Å². The Morgan fingerprint density at radius 3 is 2.59 bits per heavy atom. The molecule has 1 atom stereocenters. The zero-order chi connectivity index (χ0) is 22.5. The quantitative estimate of drug-likeness (QED) is 0.745. The van der Waals surface area contributed by atoms with Crippen LogP contribution in [0.5, 0.6) is 0 Å². The van der Waals surface area contributed by atoms with Gasteiger partial charge in [0.25, 0.3) is 0 Å². The van der Waals surface area contributed by atoms with E-state index in [2.05, 4.69) is 9.88 Å². The van der Waals surface area contributed by atoms with Crippen molar-refractivity contribution in [2.24, 2.45) is 11.7 Å². The van der Waals surface area contributed by atoms with Gasteiger partial charge in [-0.15, -0.1) is 0 Å². The smallest absolute Gasteiger partial charge is 0.224 e. The van der Waals surface area contributed by atoms with E-state index in [0.29, 0.717) is 43.8 Å². The van der Waals surface area contributed by atoms with Crippen LogP contribution in [0.1, 0.15) is 31.1 Å². The second-order valence-corrected chi connectivity index (χ2v) is 8.42. The number of likely N-dealkylation sites (tertiary alicyclic amines) is 1. The first-order valence-electron chi connectivity index (χ1n) is 11.1. The van der Waals surface area contributed by atoms with Crippen LogP contribution in [0, 0.1) is 11.7 Å². The number of pyridine rings is 1. The number of nitrogens with two attached hydrogens (primary N) is 1. The van der Waals surface area contributed by atoms with Crippen molar-refractivity contribution in [3.05, 3.63) is 54.1 Å². The number of piperidine rings is 1. The van der Waals surface area contributed by atoms with Crippen LogP contribution < -0.4 is 5.73 Å². The molecule has 0 spiro atoms. The predicted octanol–water partition coefficient (Wildman–Crippen LogP) is 2.38. The molecule has 2 aliphatic heterocycles. The normalized spacial score (nSPS) is 20.3. The lowest BCUT2D eigenvalue weighted by molar-refractivity contribution is -0.139. The molecule has 8 heteroatoms. The van der Waals surface area contributed by atoms with Crippen LogP contribution in [0.15, 0.2) is 42.6 Å². The Morgan fingerprint density at radius 1 is 1.12 bits per heavy atom. The van der Waals surface area contributed by atoms with Crippen molar-refractivity contribution in [3.8, 4) is 11.1 Å². The average Bonchev–Trinajstić information content (AvgIpc) is 2.83. The largest absolute Gasteiger partial charge is 0.369 e. The third-order valence-electron chi connectivity index (χ3n) is 6.35. The Hall–Kier alpha value is -2.84. The molecule has 2 amide bonds. The summed E-state index contributed by atoms with van der Waals surface area (Å²) < 4.78 is 19.9. The number of hydrogen-bond donors (Lipinski definition) is 1. The number of amides is 2. The minimum Gasteiger partial charge on any atom is -0.369 e. The maximum Gasteiger partial charge on any atom is 0.224 e. The minimum absolute atomic E-state index is 0.0424. The predicted molar refractivity (Wildman–Crippen MR) is 118 cm³/mol. The van der Waals surface area contributed by atoms with E-state index in [0.717, 1.165) is 31.6 Å². The number of nitrogens with zero attached hydrogens (tertiary/aromatic N) is 3. The average molecular weight is 441 g/mol. The highest BCUT2D eigenvalue weighted by Crippen LogP contribution is 2.26. The highest BCUT2D eigenvalue weighted by Gasteiger charge is 2.28. The van der Waals surface area contributed by atoms with Crippen molar-refractivity contribution < 1.29 is 18.7 Å². The van der Waals surface area contributed by atoms with Gasteiger partial charge in [0.1, 0.15) is 11.9 Å². The van der Waals surface area contributed by atoms with E-state index in [9.17, 15) is 14.0 Å². The lowest BCUT2D eigenvalue weighted by Gasteiger charge is -2.34. The Bertz CT molecular complexity index is 945. The molecule has 170 valence electrons. The van der Waals surface area contributed by atoms with Gasteiger partial charge in [0.15, 0.2) is 0 Å². The van der Waals surface area contributed by atoms with Crippen LogP contribution in [0.25, 0.3) is 11.1 Å². The molecule has 2 saturated heterocycles. The fraction of sp³-hybridized carbons (Fsp3) is 0.458. The topological polar surface area (TPSA) is 88.8 Å². The number of primary amides is 1. The van der Waals surface area contributed by atoms with E-state index in [1.807, 2.05) is 17.0 Å². The first-order valence-corrected chi connectivity index (χ1v) is 11.1. The van der Waals surface area contributed by atoms with Gasteiger partial charge in [-0.3, -0.25) is 14.6 Å². The number of carbonyl (C=O) groups is 2. The standard InChI is InChI=1S/C24H29FN4O3/c25-20-4-2-1-3-19(20)18-5-6-21(27-15-18)22-16-29(13-14-32-22)23(30)9-12-28-10-7-17(8-11-28)24(26)31/h1-6,15,17,22H,7-14,16H2,(H2,26,31)/t22-/m1/s1. The molecule has 4 rings (SSSR count). The van der Waals surface area contributed by atoms with Crippen molar-refractivity contribution in [3.63, 3.8) is 0 Å². The summed E-state index contributed by atoms with van der Waals surface area (Å²) in [6.45, 7) is 3.75. The number of ether oxygens (including phenoxy) is 1. The molecular formula is C24H29FN4O3. The van der Waals surface area contributed by atoms with Gasteiger partial charge < -0.3 is 20.3 Å². The maximum atomic E-state index is 14.0. The van der Waals surface area contributed by atoms with Gasteiger partial charge in [-0.25, -0.2) is 4.39 Å². The summed E-state index contributed by atoms with van der Waals surface area (Å²) in [7, 11) is 0. The van der Waals surface area contributed by atoms with E-state index in [-0.39, 0.29) is 29.7 Å².